The molecule has 1 unspecified atom stereocenters. The highest BCUT2D eigenvalue weighted by Crippen LogP contribution is 2.55. The number of hydrogen-bond donors (Lipinski definition) is 0. The summed E-state index contributed by atoms with van der Waals surface area (Å²) in [5.41, 5.74) is 3.23. The highest BCUT2D eigenvalue weighted by molar-refractivity contribution is 5.35. The minimum atomic E-state index is 0.824. The van der Waals surface area contributed by atoms with Crippen LogP contribution < -0.4 is 0 Å². The molecule has 0 radical (unpaired) electrons. The second-order valence-electron chi connectivity index (χ2n) is 4.91. The normalized spacial score (nSPS) is 38.7. The quantitative estimate of drug-likeness (QED) is 0.469. The van der Waals surface area contributed by atoms with Gasteiger partial charge in [0.15, 0.2) is 6.04 Å². The predicted octanol–water partition coefficient (Wildman–Crippen LogP) is 2.52. The van der Waals surface area contributed by atoms with Gasteiger partial charge in [-0.2, -0.15) is 0 Å². The standard InChI is InChI=1S/C13H18N/c1-3-14(2)12-9-8-10-6-4-5-7-11(10)13(12)14/h4-7,12-13H,3,8-9H2,1-2H3/q+1/t12-,13+,14?/m0/s1. The van der Waals surface area contributed by atoms with Crippen LogP contribution in [-0.4, -0.2) is 24.1 Å². The van der Waals surface area contributed by atoms with Crippen LogP contribution in [0.4, 0.5) is 0 Å². The molecule has 0 spiro atoms. The molecule has 0 bridgehead atoms. The summed E-state index contributed by atoms with van der Waals surface area (Å²) < 4.78 is 1.29. The molecule has 1 aromatic carbocycles. The number of fused-ring (bicyclic) bond motifs is 3. The van der Waals surface area contributed by atoms with Crippen molar-refractivity contribution in [3.63, 3.8) is 0 Å². The SMILES string of the molecule is CC[N+]1(C)[C@@H]2c3ccccc3CC[C@@H]21. The molecule has 1 fully saturated rings. The number of nitrogens with zero attached hydrogens (tertiary/aromatic N) is 1. The number of aryl methyl sites for hydroxylation is 1. The molecule has 2 aliphatic rings. The van der Waals surface area contributed by atoms with Crippen molar-refractivity contribution in [1.82, 2.24) is 0 Å². The molecule has 74 valence electrons. The van der Waals surface area contributed by atoms with E-state index >= 15 is 0 Å². The van der Waals surface area contributed by atoms with E-state index < -0.39 is 0 Å². The number of benzene rings is 1. The summed E-state index contributed by atoms with van der Waals surface area (Å²) in [6.45, 7) is 3.60. The molecule has 14 heavy (non-hydrogen) atoms. The molecule has 1 aliphatic heterocycles. The third kappa shape index (κ3) is 0.885. The molecule has 1 heteroatoms. The van der Waals surface area contributed by atoms with Gasteiger partial charge in [-0.25, -0.2) is 0 Å². The van der Waals surface area contributed by atoms with Crippen LogP contribution in [0.5, 0.6) is 0 Å². The molecule has 0 amide bonds. The maximum atomic E-state index is 2.41. The zero-order valence-corrected chi connectivity index (χ0v) is 9.03. The minimum absolute atomic E-state index is 0.824. The Balaban J connectivity index is 2.05. The van der Waals surface area contributed by atoms with Crippen molar-refractivity contribution < 1.29 is 4.48 Å². The predicted molar refractivity (Wildman–Crippen MR) is 58.0 cm³/mol. The number of quaternary nitrogens is 1. The summed E-state index contributed by atoms with van der Waals surface area (Å²) in [6, 6.07) is 10.8. The van der Waals surface area contributed by atoms with Gasteiger partial charge in [0, 0.05) is 12.0 Å². The summed E-state index contributed by atoms with van der Waals surface area (Å²) in [5.74, 6) is 0. The Morgan fingerprint density at radius 1 is 1.36 bits per heavy atom. The van der Waals surface area contributed by atoms with Crippen LogP contribution in [0.15, 0.2) is 24.3 Å². The topological polar surface area (TPSA) is 0 Å². The number of hydrogen-bond acceptors (Lipinski definition) is 0. The van der Waals surface area contributed by atoms with Gasteiger partial charge < -0.3 is 4.48 Å². The molecule has 3 rings (SSSR count). The van der Waals surface area contributed by atoms with E-state index in [4.69, 9.17) is 0 Å². The largest absolute Gasteiger partial charge is 0.307 e. The fourth-order valence-electron chi connectivity index (χ4n) is 3.34. The van der Waals surface area contributed by atoms with Gasteiger partial charge in [-0.1, -0.05) is 24.3 Å². The zero-order chi connectivity index (χ0) is 9.76. The van der Waals surface area contributed by atoms with Gasteiger partial charge in [0.05, 0.1) is 13.6 Å². The first-order valence-corrected chi connectivity index (χ1v) is 5.70. The van der Waals surface area contributed by atoms with Crippen molar-refractivity contribution in [3.05, 3.63) is 35.4 Å². The van der Waals surface area contributed by atoms with Crippen LogP contribution in [0, 0.1) is 0 Å². The van der Waals surface area contributed by atoms with Crippen LogP contribution in [0.2, 0.25) is 0 Å². The van der Waals surface area contributed by atoms with E-state index in [-0.39, 0.29) is 0 Å². The third-order valence-electron chi connectivity index (χ3n) is 4.43. The first-order valence-electron chi connectivity index (χ1n) is 5.70. The van der Waals surface area contributed by atoms with E-state index in [2.05, 4.69) is 38.2 Å². The lowest BCUT2D eigenvalue weighted by molar-refractivity contribution is -0.806. The van der Waals surface area contributed by atoms with Crippen molar-refractivity contribution in [2.75, 3.05) is 13.6 Å². The molecule has 1 saturated heterocycles. The van der Waals surface area contributed by atoms with E-state index in [9.17, 15) is 0 Å². The summed E-state index contributed by atoms with van der Waals surface area (Å²) in [6.07, 6.45) is 2.69. The number of likely N-dealkylation sites (N-methyl/N-ethyl adjacent to an activating group) is 1. The van der Waals surface area contributed by atoms with Crippen LogP contribution in [-0.2, 0) is 6.42 Å². The molecule has 0 N–H and O–H groups in total. The lowest BCUT2D eigenvalue weighted by Gasteiger charge is -2.11. The van der Waals surface area contributed by atoms with E-state index in [1.54, 1.807) is 11.1 Å². The average molecular weight is 188 g/mol. The Bertz CT molecular complexity index is 371. The molecular weight excluding hydrogens is 170 g/mol. The second kappa shape index (κ2) is 2.60. The van der Waals surface area contributed by atoms with Crippen LogP contribution in [0.3, 0.4) is 0 Å². The molecule has 3 atom stereocenters. The maximum absolute atomic E-state index is 2.41. The summed E-state index contributed by atoms with van der Waals surface area (Å²) in [4.78, 5) is 0. The van der Waals surface area contributed by atoms with Gasteiger partial charge >= 0.3 is 0 Å². The first kappa shape index (κ1) is 8.49. The summed E-state index contributed by atoms with van der Waals surface area (Å²) in [7, 11) is 2.41. The molecule has 0 aromatic heterocycles. The molecule has 0 saturated carbocycles. The van der Waals surface area contributed by atoms with Crippen LogP contribution >= 0.6 is 0 Å². The van der Waals surface area contributed by atoms with E-state index in [0.717, 1.165) is 12.1 Å². The molecular formula is C13H18N+. The average Bonchev–Trinajstić information content (AvgIpc) is 2.86. The summed E-state index contributed by atoms with van der Waals surface area (Å²) in [5, 5.41) is 0. The Kier molecular flexibility index (Phi) is 1.58. The zero-order valence-electron chi connectivity index (χ0n) is 9.03. The number of rotatable bonds is 1. The Labute approximate surface area is 85.9 Å². The highest BCUT2D eigenvalue weighted by atomic mass is 15.5. The van der Waals surface area contributed by atoms with Gasteiger partial charge in [0.2, 0.25) is 0 Å². The summed E-state index contributed by atoms with van der Waals surface area (Å²) >= 11 is 0. The van der Waals surface area contributed by atoms with Gasteiger partial charge in [0.25, 0.3) is 0 Å². The van der Waals surface area contributed by atoms with Crippen molar-refractivity contribution in [1.29, 1.82) is 0 Å². The minimum Gasteiger partial charge on any atom is -0.307 e. The van der Waals surface area contributed by atoms with Crippen molar-refractivity contribution in [2.45, 2.75) is 31.8 Å². The van der Waals surface area contributed by atoms with E-state index in [1.165, 1.54) is 23.9 Å². The monoisotopic (exact) mass is 188 g/mol. The van der Waals surface area contributed by atoms with Crippen molar-refractivity contribution in [3.8, 4) is 0 Å². The lowest BCUT2D eigenvalue weighted by atomic mass is 9.92. The van der Waals surface area contributed by atoms with Gasteiger partial charge in [-0.05, 0) is 18.9 Å². The third-order valence-corrected chi connectivity index (χ3v) is 4.43. The Morgan fingerprint density at radius 3 is 2.93 bits per heavy atom. The Hall–Kier alpha value is -0.820. The van der Waals surface area contributed by atoms with Crippen molar-refractivity contribution in [2.24, 2.45) is 0 Å². The second-order valence-corrected chi connectivity index (χ2v) is 4.91. The lowest BCUT2D eigenvalue weighted by Crippen LogP contribution is -2.22. The smallest absolute Gasteiger partial charge is 0.168 e. The maximum Gasteiger partial charge on any atom is 0.168 e. The Morgan fingerprint density at radius 2 is 2.14 bits per heavy atom. The van der Waals surface area contributed by atoms with Crippen LogP contribution in [0.25, 0.3) is 0 Å². The fraction of sp³-hybridized carbons (Fsp3) is 0.538. The van der Waals surface area contributed by atoms with Gasteiger partial charge in [0.1, 0.15) is 6.04 Å². The molecule has 1 heterocycles. The highest BCUT2D eigenvalue weighted by Gasteiger charge is 2.64. The first-order chi connectivity index (χ1) is 6.77. The van der Waals surface area contributed by atoms with Crippen LogP contribution in [0.1, 0.15) is 30.5 Å². The van der Waals surface area contributed by atoms with E-state index in [1.807, 2.05) is 0 Å². The molecule has 1 nitrogen and oxygen atoms in total. The molecule has 1 aromatic rings. The fourth-order valence-corrected chi connectivity index (χ4v) is 3.34. The van der Waals surface area contributed by atoms with Gasteiger partial charge in [-0.3, -0.25) is 0 Å². The molecule has 1 aliphatic carbocycles. The van der Waals surface area contributed by atoms with E-state index in [0.29, 0.717) is 0 Å². The van der Waals surface area contributed by atoms with Gasteiger partial charge in [-0.15, -0.1) is 0 Å². The van der Waals surface area contributed by atoms with Crippen molar-refractivity contribution >= 4 is 0 Å².